The number of piperidine rings is 3. The van der Waals surface area contributed by atoms with Gasteiger partial charge in [-0.2, -0.15) is 5.26 Å². The number of anilines is 1. The molecule has 12 nitrogen and oxygen atoms in total. The number of likely N-dealkylation sites (tertiary alicyclic amines) is 1. The van der Waals surface area contributed by atoms with Crippen LogP contribution in [0.3, 0.4) is 0 Å². The maximum atomic E-state index is 13.6. The van der Waals surface area contributed by atoms with Crippen LogP contribution in [0.4, 0.5) is 5.69 Å². The molecule has 0 saturated carbocycles. The van der Waals surface area contributed by atoms with Gasteiger partial charge in [0.15, 0.2) is 0 Å². The van der Waals surface area contributed by atoms with Gasteiger partial charge in [-0.25, -0.2) is 0 Å². The van der Waals surface area contributed by atoms with Gasteiger partial charge in [-0.1, -0.05) is 11.6 Å². The van der Waals surface area contributed by atoms with Crippen LogP contribution in [0.15, 0.2) is 54.6 Å². The van der Waals surface area contributed by atoms with Crippen molar-refractivity contribution in [2.24, 2.45) is 5.92 Å². The molecule has 0 aromatic heterocycles. The van der Waals surface area contributed by atoms with Crippen molar-refractivity contribution in [3.63, 3.8) is 0 Å². The van der Waals surface area contributed by atoms with Crippen molar-refractivity contribution < 1.29 is 28.7 Å². The molecular weight excluding hydrogens is 720 g/mol. The smallest absolute Gasteiger partial charge is 0.262 e. The molecule has 1 N–H and O–H groups in total. The number of nitriles is 1. The maximum absolute atomic E-state index is 13.6. The van der Waals surface area contributed by atoms with Crippen LogP contribution in [0, 0.1) is 17.2 Å². The zero-order valence-corrected chi connectivity index (χ0v) is 31.1. The third-order valence-electron chi connectivity index (χ3n) is 12.4. The van der Waals surface area contributed by atoms with E-state index in [1.54, 1.807) is 24.3 Å². The lowest BCUT2D eigenvalue weighted by Gasteiger charge is -2.40. The predicted molar refractivity (Wildman–Crippen MR) is 201 cm³/mol. The molecule has 6 heterocycles. The number of carbonyl (C=O) groups is 5. The lowest BCUT2D eigenvalue weighted by Crippen LogP contribution is -2.54. The molecule has 3 atom stereocenters. The van der Waals surface area contributed by atoms with Crippen LogP contribution in [0.2, 0.25) is 5.02 Å². The molecule has 5 amide bonds. The lowest BCUT2D eigenvalue weighted by atomic mass is 9.95. The average molecular weight is 761 g/mol. The van der Waals surface area contributed by atoms with Crippen molar-refractivity contribution in [3.05, 3.63) is 93.0 Å². The van der Waals surface area contributed by atoms with Gasteiger partial charge in [0.1, 0.15) is 24.0 Å². The highest BCUT2D eigenvalue weighted by atomic mass is 35.5. The fourth-order valence-corrected chi connectivity index (χ4v) is 9.92. The summed E-state index contributed by atoms with van der Waals surface area (Å²) in [5.74, 6) is -0.777. The maximum Gasteiger partial charge on any atom is 0.262 e. The fourth-order valence-electron chi connectivity index (χ4n) is 9.71. The van der Waals surface area contributed by atoms with Crippen LogP contribution >= 0.6 is 11.6 Å². The van der Waals surface area contributed by atoms with Gasteiger partial charge in [0, 0.05) is 81.4 Å². The minimum absolute atomic E-state index is 0.0601. The lowest BCUT2D eigenvalue weighted by molar-refractivity contribution is -0.136. The summed E-state index contributed by atoms with van der Waals surface area (Å²) in [6.45, 7) is 3.60. The number of rotatable bonds is 7. The molecule has 0 spiro atoms. The van der Waals surface area contributed by atoms with Gasteiger partial charge in [0.25, 0.3) is 17.7 Å². The van der Waals surface area contributed by atoms with Crippen LogP contribution in [-0.4, -0.2) is 88.1 Å². The van der Waals surface area contributed by atoms with E-state index >= 15 is 0 Å². The van der Waals surface area contributed by atoms with Crippen molar-refractivity contribution in [2.75, 3.05) is 24.5 Å². The van der Waals surface area contributed by atoms with Crippen LogP contribution in [-0.2, 0) is 22.7 Å². The summed E-state index contributed by atoms with van der Waals surface area (Å²) in [5, 5.41) is 11.8. The van der Waals surface area contributed by atoms with Crippen LogP contribution in [0.1, 0.15) is 99.1 Å². The third-order valence-corrected chi connectivity index (χ3v) is 12.7. The summed E-state index contributed by atoms with van der Waals surface area (Å²) >= 11 is 6.23. The van der Waals surface area contributed by atoms with Gasteiger partial charge in [-0.15, -0.1) is 0 Å². The van der Waals surface area contributed by atoms with E-state index in [1.807, 2.05) is 23.1 Å². The minimum atomic E-state index is -0.970. The van der Waals surface area contributed by atoms with Gasteiger partial charge in [-0.3, -0.25) is 39.1 Å². The first kappa shape index (κ1) is 35.5. The Morgan fingerprint density at radius 1 is 0.855 bits per heavy atom. The van der Waals surface area contributed by atoms with E-state index in [1.165, 1.54) is 0 Å². The summed E-state index contributed by atoms with van der Waals surface area (Å²) < 4.78 is 6.31. The average Bonchev–Trinajstić information content (AvgIpc) is 3.78. The summed E-state index contributed by atoms with van der Waals surface area (Å²) in [6, 6.07) is 18.8. The van der Waals surface area contributed by atoms with E-state index in [0.29, 0.717) is 77.2 Å². The molecule has 4 saturated heterocycles. The molecule has 55 heavy (non-hydrogen) atoms. The number of imide groups is 2. The molecule has 3 aromatic carbocycles. The highest BCUT2D eigenvalue weighted by molar-refractivity contribution is 6.31. The Bertz CT molecular complexity index is 2100. The molecule has 0 radical (unpaired) electrons. The number of carbonyl (C=O) groups excluding carboxylic acids is 5. The van der Waals surface area contributed by atoms with Gasteiger partial charge >= 0.3 is 0 Å². The van der Waals surface area contributed by atoms with Crippen molar-refractivity contribution >= 4 is 46.8 Å². The second-order valence-electron chi connectivity index (χ2n) is 15.8. The summed E-state index contributed by atoms with van der Waals surface area (Å²) in [7, 11) is 0. The molecular formula is C42H41ClN6O6. The number of nitrogens with zero attached hydrogens (tertiary/aromatic N) is 5. The first-order valence-corrected chi connectivity index (χ1v) is 19.6. The Kier molecular flexibility index (Phi) is 9.10. The number of halogens is 1. The first-order chi connectivity index (χ1) is 26.6. The molecule has 9 rings (SSSR count). The Hall–Kier alpha value is -5.25. The van der Waals surface area contributed by atoms with Crippen molar-refractivity contribution in [2.45, 2.75) is 88.7 Å². The second kappa shape index (κ2) is 14.1. The standard InChI is InChI=1S/C42H41ClN6O6/c43-36-19-32(8-3-26(36)20-44)55-33-17-30-6-7-31(18-33)48(30)29-4-1-25(2-5-29)40(52)47-13-11-24(12-14-47)21-46-22-27-15-34-35(16-28(27)23-46)42(54)49(41(34)53)37-9-10-38(50)45-39(37)51/h1-5,8,15-16,19,24,30-31,33,37H,6-7,9-14,17-18,21-23H2,(H,45,50,51)/t30?,31?,33?,37-/m0/s1. The minimum Gasteiger partial charge on any atom is -0.490 e. The van der Waals surface area contributed by atoms with Crippen molar-refractivity contribution in [1.82, 2.24) is 20.0 Å². The van der Waals surface area contributed by atoms with Crippen molar-refractivity contribution in [1.29, 1.82) is 5.26 Å². The Balaban J connectivity index is 0.760. The molecule has 3 aromatic rings. The molecule has 4 fully saturated rings. The summed E-state index contributed by atoms with van der Waals surface area (Å²) in [4.78, 5) is 72.1. The Labute approximate surface area is 323 Å². The number of hydrogen-bond donors (Lipinski definition) is 1. The Morgan fingerprint density at radius 2 is 1.51 bits per heavy atom. The second-order valence-corrected chi connectivity index (χ2v) is 16.2. The molecule has 2 bridgehead atoms. The molecule has 6 aliphatic rings. The SMILES string of the molecule is N#Cc1ccc(OC2CC3CCC(C2)N3c2ccc(C(=O)N3CCC(CN4Cc5cc6c(cc5C4)C(=O)N([C@H]4CCC(=O)NC4=O)C6=O)CC3)cc2)cc1Cl. The zero-order valence-electron chi connectivity index (χ0n) is 30.3. The van der Waals surface area contributed by atoms with E-state index in [9.17, 15) is 29.2 Å². The number of hydrogen-bond acceptors (Lipinski definition) is 9. The molecule has 2 unspecified atom stereocenters. The molecule has 0 aliphatic carbocycles. The van der Waals surface area contributed by atoms with E-state index in [-0.39, 0.29) is 24.9 Å². The molecule has 6 aliphatic heterocycles. The van der Waals surface area contributed by atoms with Gasteiger partial charge < -0.3 is 14.5 Å². The van der Waals surface area contributed by atoms with E-state index < -0.39 is 29.7 Å². The van der Waals surface area contributed by atoms with Crippen LogP contribution in [0.5, 0.6) is 5.75 Å². The largest absolute Gasteiger partial charge is 0.490 e. The molecule has 13 heteroatoms. The Morgan fingerprint density at radius 3 is 2.11 bits per heavy atom. The number of benzene rings is 3. The van der Waals surface area contributed by atoms with Gasteiger partial charge in [-0.05, 0) is 97.7 Å². The van der Waals surface area contributed by atoms with Crippen LogP contribution in [0.25, 0.3) is 0 Å². The zero-order chi connectivity index (χ0) is 38.0. The molecule has 282 valence electrons. The fraction of sp³-hybridized carbons (Fsp3) is 0.429. The third kappa shape index (κ3) is 6.53. The van der Waals surface area contributed by atoms with Gasteiger partial charge in [0.05, 0.1) is 21.7 Å². The van der Waals surface area contributed by atoms with E-state index in [0.717, 1.165) is 66.8 Å². The first-order valence-electron chi connectivity index (χ1n) is 19.3. The van der Waals surface area contributed by atoms with Crippen LogP contribution < -0.4 is 15.0 Å². The topological polar surface area (TPSA) is 143 Å². The summed E-state index contributed by atoms with van der Waals surface area (Å²) in [6.07, 6.45) is 6.13. The number of fused-ring (bicyclic) bond motifs is 4. The normalized spacial score (nSPS) is 25.2. The number of amides is 5. The monoisotopic (exact) mass is 760 g/mol. The number of ether oxygens (including phenoxy) is 1. The van der Waals surface area contributed by atoms with E-state index in [4.69, 9.17) is 16.3 Å². The summed E-state index contributed by atoms with van der Waals surface area (Å²) in [5.41, 5.74) is 4.96. The predicted octanol–water partition coefficient (Wildman–Crippen LogP) is 5.06. The van der Waals surface area contributed by atoms with Crippen molar-refractivity contribution in [3.8, 4) is 11.8 Å². The highest BCUT2D eigenvalue weighted by Crippen LogP contribution is 2.41. The number of nitrogens with one attached hydrogen (secondary N) is 1. The van der Waals surface area contributed by atoms with E-state index in [2.05, 4.69) is 33.3 Å². The highest BCUT2D eigenvalue weighted by Gasteiger charge is 2.46. The van der Waals surface area contributed by atoms with Gasteiger partial charge in [0.2, 0.25) is 11.8 Å². The quantitative estimate of drug-likeness (QED) is 0.327.